The summed E-state index contributed by atoms with van der Waals surface area (Å²) in [5, 5.41) is 0. The van der Waals surface area contributed by atoms with Gasteiger partial charge < -0.3 is 4.90 Å². The SMILES string of the molecule is CC1CCC12CCCN(C)C2. The first-order valence-electron chi connectivity index (χ1n) is 4.91. The second-order valence-electron chi connectivity index (χ2n) is 4.64. The second-order valence-corrected chi connectivity index (χ2v) is 4.64. The molecule has 0 aromatic carbocycles. The molecule has 1 saturated carbocycles. The van der Waals surface area contributed by atoms with E-state index in [1.54, 1.807) is 0 Å². The third kappa shape index (κ3) is 1.10. The van der Waals surface area contributed by atoms with Gasteiger partial charge in [0.1, 0.15) is 0 Å². The van der Waals surface area contributed by atoms with Gasteiger partial charge in [-0.15, -0.1) is 0 Å². The lowest BCUT2D eigenvalue weighted by Gasteiger charge is -2.53. The Kier molecular flexibility index (Phi) is 1.71. The average molecular weight is 153 g/mol. The van der Waals surface area contributed by atoms with Gasteiger partial charge in [-0.05, 0) is 50.6 Å². The van der Waals surface area contributed by atoms with Gasteiger partial charge in [0.25, 0.3) is 0 Å². The molecule has 1 spiro atoms. The topological polar surface area (TPSA) is 3.24 Å². The van der Waals surface area contributed by atoms with Gasteiger partial charge in [0.05, 0.1) is 0 Å². The van der Waals surface area contributed by atoms with Crippen molar-refractivity contribution in [3.05, 3.63) is 0 Å². The molecule has 0 N–H and O–H groups in total. The molecule has 0 aromatic rings. The molecular weight excluding hydrogens is 134 g/mol. The maximum Gasteiger partial charge on any atom is 0.00375 e. The summed E-state index contributed by atoms with van der Waals surface area (Å²) in [7, 11) is 2.27. The molecule has 2 atom stereocenters. The van der Waals surface area contributed by atoms with Crippen LogP contribution in [-0.2, 0) is 0 Å². The molecule has 2 fully saturated rings. The van der Waals surface area contributed by atoms with Crippen molar-refractivity contribution in [1.29, 1.82) is 0 Å². The van der Waals surface area contributed by atoms with E-state index in [2.05, 4.69) is 18.9 Å². The Bertz CT molecular complexity index is 155. The van der Waals surface area contributed by atoms with Crippen LogP contribution in [0, 0.1) is 11.3 Å². The highest BCUT2D eigenvalue weighted by Gasteiger charge is 2.45. The van der Waals surface area contributed by atoms with E-state index >= 15 is 0 Å². The zero-order valence-electron chi connectivity index (χ0n) is 7.77. The van der Waals surface area contributed by atoms with Gasteiger partial charge >= 0.3 is 0 Å². The largest absolute Gasteiger partial charge is 0.306 e. The molecule has 1 aliphatic heterocycles. The zero-order chi connectivity index (χ0) is 7.90. The first-order valence-corrected chi connectivity index (χ1v) is 4.91. The fraction of sp³-hybridized carbons (Fsp3) is 1.00. The molecule has 1 nitrogen and oxygen atoms in total. The molecule has 2 rings (SSSR count). The van der Waals surface area contributed by atoms with Crippen molar-refractivity contribution in [3.63, 3.8) is 0 Å². The van der Waals surface area contributed by atoms with E-state index < -0.39 is 0 Å². The number of likely N-dealkylation sites (tertiary alicyclic amines) is 1. The molecular formula is C10H19N. The van der Waals surface area contributed by atoms with Crippen LogP contribution in [0.1, 0.15) is 32.6 Å². The number of hydrogen-bond acceptors (Lipinski definition) is 1. The Labute approximate surface area is 69.8 Å². The molecule has 64 valence electrons. The lowest BCUT2D eigenvalue weighted by molar-refractivity contribution is -0.0261. The summed E-state index contributed by atoms with van der Waals surface area (Å²) < 4.78 is 0. The molecule has 0 radical (unpaired) electrons. The Morgan fingerprint density at radius 3 is 2.55 bits per heavy atom. The van der Waals surface area contributed by atoms with E-state index in [1.165, 1.54) is 38.8 Å². The van der Waals surface area contributed by atoms with Crippen molar-refractivity contribution in [3.8, 4) is 0 Å². The van der Waals surface area contributed by atoms with Gasteiger partial charge in [0.2, 0.25) is 0 Å². The van der Waals surface area contributed by atoms with E-state index in [9.17, 15) is 0 Å². The number of rotatable bonds is 0. The Balaban J connectivity index is 2.01. The zero-order valence-corrected chi connectivity index (χ0v) is 7.77. The molecule has 11 heavy (non-hydrogen) atoms. The van der Waals surface area contributed by atoms with Crippen molar-refractivity contribution < 1.29 is 0 Å². The molecule has 0 aromatic heterocycles. The summed E-state index contributed by atoms with van der Waals surface area (Å²) in [6.07, 6.45) is 5.91. The highest BCUT2D eigenvalue weighted by atomic mass is 15.1. The van der Waals surface area contributed by atoms with Gasteiger partial charge in [-0.3, -0.25) is 0 Å². The fourth-order valence-corrected chi connectivity index (χ4v) is 2.84. The van der Waals surface area contributed by atoms with Gasteiger partial charge in [0, 0.05) is 6.54 Å². The lowest BCUT2D eigenvalue weighted by atomic mass is 9.57. The van der Waals surface area contributed by atoms with Gasteiger partial charge in [-0.25, -0.2) is 0 Å². The van der Waals surface area contributed by atoms with Crippen molar-refractivity contribution in [1.82, 2.24) is 4.90 Å². The van der Waals surface area contributed by atoms with Crippen LogP contribution in [0.5, 0.6) is 0 Å². The Morgan fingerprint density at radius 2 is 2.18 bits per heavy atom. The standard InChI is InChI=1S/C10H19N/c1-9-4-6-10(9)5-3-7-11(2)8-10/h9H,3-8H2,1-2H3. The van der Waals surface area contributed by atoms with Crippen LogP contribution in [0.15, 0.2) is 0 Å². The molecule has 0 bridgehead atoms. The third-order valence-electron chi connectivity index (χ3n) is 3.92. The summed E-state index contributed by atoms with van der Waals surface area (Å²) in [4.78, 5) is 2.51. The van der Waals surface area contributed by atoms with Gasteiger partial charge in [0.15, 0.2) is 0 Å². The first kappa shape index (κ1) is 7.60. The smallest absolute Gasteiger partial charge is 0.00375 e. The van der Waals surface area contributed by atoms with Crippen LogP contribution in [0.25, 0.3) is 0 Å². The van der Waals surface area contributed by atoms with Gasteiger partial charge in [-0.2, -0.15) is 0 Å². The average Bonchev–Trinajstić information content (AvgIpc) is 2.02. The van der Waals surface area contributed by atoms with Crippen molar-refractivity contribution >= 4 is 0 Å². The van der Waals surface area contributed by atoms with Crippen LogP contribution >= 0.6 is 0 Å². The number of hydrogen-bond donors (Lipinski definition) is 0. The minimum atomic E-state index is 0.757. The second kappa shape index (κ2) is 2.48. The van der Waals surface area contributed by atoms with E-state index in [0.29, 0.717) is 0 Å². The first-order chi connectivity index (χ1) is 5.23. The summed E-state index contributed by atoms with van der Waals surface area (Å²) >= 11 is 0. The lowest BCUT2D eigenvalue weighted by Crippen LogP contribution is -2.50. The number of piperidine rings is 1. The monoisotopic (exact) mass is 153 g/mol. The minimum absolute atomic E-state index is 0.757. The fourth-order valence-electron chi connectivity index (χ4n) is 2.84. The molecule has 1 heteroatoms. The van der Waals surface area contributed by atoms with E-state index in [-0.39, 0.29) is 0 Å². The van der Waals surface area contributed by atoms with Crippen LogP contribution in [-0.4, -0.2) is 25.0 Å². The maximum absolute atomic E-state index is 2.51. The summed E-state index contributed by atoms with van der Waals surface area (Å²) in [6, 6.07) is 0. The quantitative estimate of drug-likeness (QED) is 0.515. The van der Waals surface area contributed by atoms with Gasteiger partial charge in [-0.1, -0.05) is 6.92 Å². The highest BCUT2D eigenvalue weighted by molar-refractivity contribution is 4.97. The predicted octanol–water partition coefficient (Wildman–Crippen LogP) is 2.13. The van der Waals surface area contributed by atoms with E-state index in [1.807, 2.05) is 0 Å². The van der Waals surface area contributed by atoms with Crippen LogP contribution < -0.4 is 0 Å². The van der Waals surface area contributed by atoms with Crippen molar-refractivity contribution in [2.24, 2.45) is 11.3 Å². The van der Waals surface area contributed by atoms with E-state index in [4.69, 9.17) is 0 Å². The minimum Gasteiger partial charge on any atom is -0.306 e. The summed E-state index contributed by atoms with van der Waals surface area (Å²) in [5.41, 5.74) is 0.757. The highest BCUT2D eigenvalue weighted by Crippen LogP contribution is 2.51. The van der Waals surface area contributed by atoms with E-state index in [0.717, 1.165) is 11.3 Å². The molecule has 1 aliphatic carbocycles. The van der Waals surface area contributed by atoms with Crippen LogP contribution in [0.2, 0.25) is 0 Å². The molecule has 2 unspecified atom stereocenters. The summed E-state index contributed by atoms with van der Waals surface area (Å²) in [6.45, 7) is 5.13. The Morgan fingerprint density at radius 1 is 1.36 bits per heavy atom. The van der Waals surface area contributed by atoms with Crippen LogP contribution in [0.4, 0.5) is 0 Å². The third-order valence-corrected chi connectivity index (χ3v) is 3.92. The van der Waals surface area contributed by atoms with Crippen LogP contribution in [0.3, 0.4) is 0 Å². The molecule has 1 saturated heterocycles. The molecule has 0 amide bonds. The van der Waals surface area contributed by atoms with Crippen molar-refractivity contribution in [2.45, 2.75) is 32.6 Å². The normalized spacial score (nSPS) is 45.8. The maximum atomic E-state index is 2.51. The Hall–Kier alpha value is -0.0400. The molecule has 2 aliphatic rings. The predicted molar refractivity (Wildman–Crippen MR) is 47.6 cm³/mol. The van der Waals surface area contributed by atoms with Crippen molar-refractivity contribution in [2.75, 3.05) is 20.1 Å². The summed E-state index contributed by atoms with van der Waals surface area (Å²) in [5.74, 6) is 1.00. The number of nitrogens with zero attached hydrogens (tertiary/aromatic N) is 1. The molecule has 1 heterocycles.